The molecule has 1 spiro atoms. The summed E-state index contributed by atoms with van der Waals surface area (Å²) in [7, 11) is 0. The number of amides is 2. The maximum absolute atomic E-state index is 14.6. The molecule has 3 heterocycles. The van der Waals surface area contributed by atoms with E-state index < -0.39 is 22.6 Å². The molecule has 9 heteroatoms. The molecule has 4 rings (SSSR count). The summed E-state index contributed by atoms with van der Waals surface area (Å²) in [6, 6.07) is 6.45. The molecule has 2 amide bonds. The number of halogens is 1. The average Bonchev–Trinajstić information content (AvgIpc) is 3.53. The minimum absolute atomic E-state index is 0.0568. The maximum atomic E-state index is 14.6. The Kier molecular flexibility index (Phi) is 10.4. The highest BCUT2D eigenvalue weighted by atomic mass is 35.5. The molecule has 0 aromatic heterocycles. The third-order valence-corrected chi connectivity index (χ3v) is 11.0. The van der Waals surface area contributed by atoms with Crippen molar-refractivity contribution in [3.8, 4) is 0 Å². The van der Waals surface area contributed by atoms with Crippen LogP contribution in [-0.2, 0) is 19.1 Å². The van der Waals surface area contributed by atoms with Crippen molar-refractivity contribution < 1.29 is 24.2 Å². The second-order valence-electron chi connectivity index (χ2n) is 11.0. The summed E-state index contributed by atoms with van der Waals surface area (Å²) in [4.78, 5) is 45.6. The zero-order valence-corrected chi connectivity index (χ0v) is 24.9. The topological polar surface area (TPSA) is 87.2 Å². The fraction of sp³-hybridized carbons (Fsp3) is 0.581. The second-order valence-corrected chi connectivity index (χ2v) is 13.0. The lowest BCUT2D eigenvalue weighted by Crippen LogP contribution is -2.57. The van der Waals surface area contributed by atoms with Crippen molar-refractivity contribution in [2.24, 2.45) is 17.8 Å². The third kappa shape index (κ3) is 5.59. The summed E-state index contributed by atoms with van der Waals surface area (Å²) in [6.07, 6.45) is 8.79. The number of aliphatic hydroxyl groups excluding tert-OH is 1. The van der Waals surface area contributed by atoms with E-state index in [0.29, 0.717) is 36.7 Å². The van der Waals surface area contributed by atoms with Gasteiger partial charge in [0.15, 0.2) is 0 Å². The van der Waals surface area contributed by atoms with Crippen molar-refractivity contribution in [2.45, 2.75) is 67.9 Å². The van der Waals surface area contributed by atoms with Crippen LogP contribution in [0.15, 0.2) is 49.6 Å². The van der Waals surface area contributed by atoms with Crippen molar-refractivity contribution in [1.29, 1.82) is 0 Å². The number of fused-ring (bicyclic) bond motifs is 1. The molecule has 3 saturated heterocycles. The van der Waals surface area contributed by atoms with Gasteiger partial charge in [-0.1, -0.05) is 42.8 Å². The van der Waals surface area contributed by atoms with E-state index in [0.717, 1.165) is 32.1 Å². The Morgan fingerprint density at radius 3 is 2.67 bits per heavy atom. The van der Waals surface area contributed by atoms with Gasteiger partial charge in [-0.15, -0.1) is 24.9 Å². The van der Waals surface area contributed by atoms with Crippen LogP contribution in [0.3, 0.4) is 0 Å². The lowest BCUT2D eigenvalue weighted by molar-refractivity contribution is -0.154. The fourth-order valence-corrected chi connectivity index (χ4v) is 9.43. The number of unbranched alkanes of at least 4 members (excludes halogenated alkanes) is 4. The summed E-state index contributed by atoms with van der Waals surface area (Å²) in [5.74, 6) is -1.80. The number of hydrogen-bond donors (Lipinski definition) is 1. The highest BCUT2D eigenvalue weighted by Gasteiger charge is 2.76. The van der Waals surface area contributed by atoms with Crippen molar-refractivity contribution in [1.82, 2.24) is 4.90 Å². The minimum atomic E-state index is -0.745. The van der Waals surface area contributed by atoms with Gasteiger partial charge in [-0.3, -0.25) is 14.4 Å². The Hall–Kier alpha value is -2.29. The van der Waals surface area contributed by atoms with Gasteiger partial charge in [0.05, 0.1) is 33.9 Å². The number of aliphatic hydroxyl groups is 1. The summed E-state index contributed by atoms with van der Waals surface area (Å²) < 4.78 is 4.98. The van der Waals surface area contributed by atoms with E-state index in [-0.39, 0.29) is 42.1 Å². The van der Waals surface area contributed by atoms with Crippen LogP contribution in [-0.4, -0.2) is 70.1 Å². The number of carbonyl (C=O) groups excluding carboxylic acids is 3. The number of rotatable bonds is 15. The van der Waals surface area contributed by atoms with Gasteiger partial charge in [-0.2, -0.15) is 0 Å². The van der Waals surface area contributed by atoms with Gasteiger partial charge >= 0.3 is 5.97 Å². The van der Waals surface area contributed by atoms with Crippen LogP contribution in [0, 0.1) is 17.8 Å². The second kappa shape index (κ2) is 13.6. The molecule has 0 radical (unpaired) electrons. The predicted molar refractivity (Wildman–Crippen MR) is 160 cm³/mol. The van der Waals surface area contributed by atoms with E-state index in [1.807, 2.05) is 18.2 Å². The Morgan fingerprint density at radius 1 is 1.20 bits per heavy atom. The lowest BCUT2D eigenvalue weighted by Gasteiger charge is -2.40. The molecule has 3 aliphatic heterocycles. The van der Waals surface area contributed by atoms with Crippen molar-refractivity contribution in [3.63, 3.8) is 0 Å². The molecule has 3 fully saturated rings. The van der Waals surface area contributed by atoms with Crippen LogP contribution >= 0.6 is 23.4 Å². The van der Waals surface area contributed by atoms with Gasteiger partial charge in [-0.25, -0.2) is 0 Å². The number of para-hydroxylation sites is 1. The molecule has 0 aliphatic carbocycles. The van der Waals surface area contributed by atoms with Crippen LogP contribution in [0.25, 0.3) is 0 Å². The highest BCUT2D eigenvalue weighted by molar-refractivity contribution is 8.02. The number of anilines is 1. The van der Waals surface area contributed by atoms with Crippen LogP contribution < -0.4 is 4.90 Å². The van der Waals surface area contributed by atoms with Crippen LogP contribution in [0.4, 0.5) is 5.69 Å². The Bertz CT molecular complexity index is 1110. The number of likely N-dealkylation sites (tertiary alicyclic amines) is 1. The number of allylic oxidation sites excluding steroid dienone is 1. The molecule has 218 valence electrons. The molecule has 1 N–H and O–H groups in total. The zero-order chi connectivity index (χ0) is 28.9. The van der Waals surface area contributed by atoms with E-state index in [4.69, 9.17) is 16.3 Å². The van der Waals surface area contributed by atoms with Gasteiger partial charge in [0, 0.05) is 24.9 Å². The minimum Gasteiger partial charge on any atom is -0.465 e. The first-order chi connectivity index (χ1) is 19.3. The highest BCUT2D eigenvalue weighted by Crippen LogP contribution is 2.69. The normalized spacial score (nSPS) is 28.4. The molecule has 3 aliphatic rings. The van der Waals surface area contributed by atoms with Crippen molar-refractivity contribution in [2.75, 3.05) is 31.2 Å². The largest absolute Gasteiger partial charge is 0.465 e. The molecular weight excluding hydrogens is 548 g/mol. The number of carbonyl (C=O) groups is 3. The maximum Gasteiger partial charge on any atom is 0.310 e. The van der Waals surface area contributed by atoms with Crippen LogP contribution in [0.2, 0.25) is 5.02 Å². The Labute approximate surface area is 246 Å². The average molecular weight is 589 g/mol. The zero-order valence-electron chi connectivity index (χ0n) is 23.3. The van der Waals surface area contributed by atoms with Gasteiger partial charge < -0.3 is 19.6 Å². The number of thioether (sulfide) groups is 1. The summed E-state index contributed by atoms with van der Waals surface area (Å²) in [5, 5.41) is 9.66. The molecule has 3 unspecified atom stereocenters. The van der Waals surface area contributed by atoms with Crippen molar-refractivity contribution >= 4 is 46.8 Å². The molecule has 7 nitrogen and oxygen atoms in total. The third-order valence-electron chi connectivity index (χ3n) is 8.58. The number of esters is 1. The molecule has 0 saturated carbocycles. The molecular formula is C31H41ClN2O5S. The number of nitrogens with zero attached hydrogens (tertiary/aromatic N) is 2. The van der Waals surface area contributed by atoms with Gasteiger partial charge in [-0.05, 0) is 63.0 Å². The Morgan fingerprint density at radius 2 is 1.98 bits per heavy atom. The fourth-order valence-electron chi connectivity index (χ4n) is 6.79. The SMILES string of the molecule is C=CCCCCOC(=O)[C@@H]1[C@@H]2CC(C)C3(S2)C(C(=O)N(CC=C)c2ccccc2Cl)N(CCCCCO)C(=O)[C@H]13. The first-order valence-corrected chi connectivity index (χ1v) is 15.6. The quantitative estimate of drug-likeness (QED) is 0.171. The Balaban J connectivity index is 1.69. The first kappa shape index (κ1) is 30.7. The molecule has 40 heavy (non-hydrogen) atoms. The van der Waals surface area contributed by atoms with E-state index >= 15 is 0 Å². The standard InChI is InChI=1S/C31H41ClN2O5S/c1-4-6-7-13-19-39-30(38)25-24-20-21(3)31(40-24)26(25)28(36)34(17-11-8-12-18-35)27(31)29(37)33(16-5-2)23-15-10-9-14-22(23)32/h4-5,9-10,14-15,21,24-27,35H,1-2,6-8,11-13,16-20H2,3H3/t21?,24-,25+,26-,27?,31?/m0/s1. The predicted octanol–water partition coefficient (Wildman–Crippen LogP) is 5.26. The number of ether oxygens (including phenoxy) is 1. The molecule has 6 atom stereocenters. The van der Waals surface area contributed by atoms with Gasteiger partial charge in [0.25, 0.3) is 5.91 Å². The van der Waals surface area contributed by atoms with Gasteiger partial charge in [0.1, 0.15) is 6.04 Å². The van der Waals surface area contributed by atoms with E-state index in [1.165, 1.54) is 0 Å². The number of hydrogen-bond acceptors (Lipinski definition) is 6. The lowest BCUT2D eigenvalue weighted by atomic mass is 9.66. The number of benzene rings is 1. The first-order valence-electron chi connectivity index (χ1n) is 14.4. The summed E-state index contributed by atoms with van der Waals surface area (Å²) in [6.45, 7) is 10.7. The van der Waals surface area contributed by atoms with E-state index in [2.05, 4.69) is 20.1 Å². The van der Waals surface area contributed by atoms with Gasteiger partial charge in [0.2, 0.25) is 5.91 Å². The monoisotopic (exact) mass is 588 g/mol. The summed E-state index contributed by atoms with van der Waals surface area (Å²) >= 11 is 8.19. The smallest absolute Gasteiger partial charge is 0.310 e. The van der Waals surface area contributed by atoms with Crippen LogP contribution in [0.5, 0.6) is 0 Å². The van der Waals surface area contributed by atoms with E-state index in [9.17, 15) is 19.5 Å². The van der Waals surface area contributed by atoms with Crippen molar-refractivity contribution in [3.05, 3.63) is 54.6 Å². The molecule has 2 bridgehead atoms. The van der Waals surface area contributed by atoms with E-state index in [1.54, 1.807) is 39.8 Å². The molecule has 1 aromatic rings. The van der Waals surface area contributed by atoms with Crippen LogP contribution in [0.1, 0.15) is 51.9 Å². The summed E-state index contributed by atoms with van der Waals surface area (Å²) in [5.41, 5.74) is 0.572. The molecule has 1 aromatic carbocycles.